The van der Waals surface area contributed by atoms with Gasteiger partial charge < -0.3 is 4.90 Å². The zero-order chi connectivity index (χ0) is 17.1. The maximum Gasteiger partial charge on any atom is 0.278 e. The minimum atomic E-state index is -0.310. The molecule has 0 spiro atoms. The average molecular weight is 324 g/mol. The van der Waals surface area contributed by atoms with Crippen molar-refractivity contribution in [3.63, 3.8) is 0 Å². The highest BCUT2D eigenvalue weighted by Crippen LogP contribution is 2.18. The first-order valence-corrected chi connectivity index (χ1v) is 7.64. The molecule has 1 aromatic carbocycles. The van der Waals surface area contributed by atoms with E-state index in [9.17, 15) is 9.18 Å². The van der Waals surface area contributed by atoms with Crippen molar-refractivity contribution in [3.05, 3.63) is 72.1 Å². The maximum atomic E-state index is 13.1. The first-order valence-electron chi connectivity index (χ1n) is 7.64. The second-order valence-electron chi connectivity index (χ2n) is 5.31. The smallest absolute Gasteiger partial charge is 0.278 e. The lowest BCUT2D eigenvalue weighted by molar-refractivity contribution is 0.0983. The van der Waals surface area contributed by atoms with Crippen LogP contribution < -0.4 is 4.90 Å². The Hall–Kier alpha value is -3.02. The van der Waals surface area contributed by atoms with Crippen molar-refractivity contribution in [3.8, 4) is 5.69 Å². The summed E-state index contributed by atoms with van der Waals surface area (Å²) in [6.07, 6.45) is 3.29. The molecule has 6 heteroatoms. The number of nitrogens with zero attached hydrogens (tertiary/aromatic N) is 4. The number of halogens is 1. The lowest BCUT2D eigenvalue weighted by Gasteiger charge is -2.19. The van der Waals surface area contributed by atoms with Crippen molar-refractivity contribution in [2.75, 3.05) is 11.4 Å². The van der Waals surface area contributed by atoms with Crippen LogP contribution in [0.25, 0.3) is 5.69 Å². The van der Waals surface area contributed by atoms with Crippen LogP contribution in [0.2, 0.25) is 0 Å². The van der Waals surface area contributed by atoms with Gasteiger partial charge in [0.15, 0.2) is 5.69 Å². The fraction of sp³-hybridized carbons (Fsp3) is 0.167. The number of aromatic nitrogens is 3. The molecule has 5 nitrogen and oxygen atoms in total. The van der Waals surface area contributed by atoms with Gasteiger partial charge in [-0.1, -0.05) is 0 Å². The Bertz CT molecular complexity index is 843. The van der Waals surface area contributed by atoms with Crippen LogP contribution >= 0.6 is 0 Å². The van der Waals surface area contributed by atoms with Gasteiger partial charge in [-0.2, -0.15) is 5.10 Å². The van der Waals surface area contributed by atoms with Gasteiger partial charge in [-0.25, -0.2) is 9.07 Å². The third-order valence-corrected chi connectivity index (χ3v) is 3.71. The third-order valence-electron chi connectivity index (χ3n) is 3.71. The Morgan fingerprint density at radius 2 is 1.83 bits per heavy atom. The van der Waals surface area contributed by atoms with Crippen LogP contribution in [-0.2, 0) is 0 Å². The summed E-state index contributed by atoms with van der Waals surface area (Å²) in [6, 6.07) is 11.3. The van der Waals surface area contributed by atoms with Gasteiger partial charge in [0, 0.05) is 30.3 Å². The first-order chi connectivity index (χ1) is 11.6. The molecule has 0 atom stereocenters. The fourth-order valence-corrected chi connectivity index (χ4v) is 2.53. The number of pyridine rings is 1. The molecule has 0 unspecified atom stereocenters. The SMILES string of the molecule is CCN(C(=O)c1cc(C)n(-c2ccc(F)cc2)n1)c1ccncc1. The van der Waals surface area contributed by atoms with Gasteiger partial charge in [-0.15, -0.1) is 0 Å². The van der Waals surface area contributed by atoms with Crippen molar-refractivity contribution in [1.29, 1.82) is 0 Å². The normalized spacial score (nSPS) is 10.6. The summed E-state index contributed by atoms with van der Waals surface area (Å²) in [5.74, 6) is -0.498. The molecule has 24 heavy (non-hydrogen) atoms. The molecule has 0 aliphatic heterocycles. The minimum absolute atomic E-state index is 0.187. The number of carbonyl (C=O) groups is 1. The van der Waals surface area contributed by atoms with E-state index in [1.165, 1.54) is 12.1 Å². The molecule has 0 saturated heterocycles. The molecule has 2 aromatic heterocycles. The second-order valence-corrected chi connectivity index (χ2v) is 5.31. The van der Waals surface area contributed by atoms with Gasteiger partial charge >= 0.3 is 0 Å². The number of amides is 1. The van der Waals surface area contributed by atoms with Crippen LogP contribution in [0.15, 0.2) is 54.9 Å². The van der Waals surface area contributed by atoms with E-state index >= 15 is 0 Å². The molecule has 122 valence electrons. The Morgan fingerprint density at radius 3 is 2.46 bits per heavy atom. The zero-order valence-electron chi connectivity index (χ0n) is 13.5. The standard InChI is InChI=1S/C18H17FN4O/c1-3-22(15-8-10-20-11-9-15)18(24)17-12-13(2)23(21-17)16-6-4-14(19)5-7-16/h4-12H,3H2,1-2H3. The van der Waals surface area contributed by atoms with Crippen molar-refractivity contribution in [1.82, 2.24) is 14.8 Å². The van der Waals surface area contributed by atoms with Crippen LogP contribution in [0.3, 0.4) is 0 Å². The Labute approximate surface area is 139 Å². The van der Waals surface area contributed by atoms with E-state index < -0.39 is 0 Å². The van der Waals surface area contributed by atoms with Gasteiger partial charge in [0.1, 0.15) is 5.82 Å². The van der Waals surface area contributed by atoms with E-state index in [0.717, 1.165) is 11.4 Å². The van der Waals surface area contributed by atoms with E-state index in [-0.39, 0.29) is 11.7 Å². The van der Waals surface area contributed by atoms with Gasteiger partial charge in [0.25, 0.3) is 5.91 Å². The molecule has 3 rings (SSSR count). The summed E-state index contributed by atoms with van der Waals surface area (Å²) < 4.78 is 14.7. The average Bonchev–Trinajstić information content (AvgIpc) is 2.99. The molecular formula is C18H17FN4O. The minimum Gasteiger partial charge on any atom is -0.307 e. The number of hydrogen-bond donors (Lipinski definition) is 0. The zero-order valence-corrected chi connectivity index (χ0v) is 13.5. The number of rotatable bonds is 4. The van der Waals surface area contributed by atoms with Crippen molar-refractivity contribution in [2.45, 2.75) is 13.8 Å². The molecule has 3 aromatic rings. The molecule has 0 fully saturated rings. The molecule has 0 bridgehead atoms. The third kappa shape index (κ3) is 3.03. The maximum absolute atomic E-state index is 13.1. The van der Waals surface area contributed by atoms with Gasteiger partial charge in [0.05, 0.1) is 5.69 Å². The molecular weight excluding hydrogens is 307 g/mol. The van der Waals surface area contributed by atoms with Crippen LogP contribution in [0.4, 0.5) is 10.1 Å². The van der Waals surface area contributed by atoms with E-state index in [4.69, 9.17) is 0 Å². The number of anilines is 1. The number of aryl methyl sites for hydroxylation is 1. The number of hydrogen-bond acceptors (Lipinski definition) is 3. The van der Waals surface area contributed by atoms with Crippen LogP contribution in [0, 0.1) is 12.7 Å². The predicted octanol–water partition coefficient (Wildman–Crippen LogP) is 3.38. The Morgan fingerprint density at radius 1 is 1.17 bits per heavy atom. The first kappa shape index (κ1) is 15.9. The van der Waals surface area contributed by atoms with Gasteiger partial charge in [-0.05, 0) is 56.3 Å². The molecule has 2 heterocycles. The second kappa shape index (κ2) is 6.62. The van der Waals surface area contributed by atoms with E-state index in [1.54, 1.807) is 52.3 Å². The molecule has 0 N–H and O–H groups in total. The van der Waals surface area contributed by atoms with Crippen molar-refractivity contribution in [2.24, 2.45) is 0 Å². The summed E-state index contributed by atoms with van der Waals surface area (Å²) >= 11 is 0. The van der Waals surface area contributed by atoms with E-state index in [2.05, 4.69) is 10.1 Å². The largest absolute Gasteiger partial charge is 0.307 e. The Balaban J connectivity index is 1.94. The summed E-state index contributed by atoms with van der Waals surface area (Å²) in [5.41, 5.74) is 2.62. The molecule has 0 aliphatic rings. The summed E-state index contributed by atoms with van der Waals surface area (Å²) in [4.78, 5) is 18.4. The molecule has 0 saturated carbocycles. The highest BCUT2D eigenvalue weighted by Gasteiger charge is 2.20. The topological polar surface area (TPSA) is 51.0 Å². The Kier molecular flexibility index (Phi) is 4.37. The summed E-state index contributed by atoms with van der Waals surface area (Å²) in [5, 5.41) is 4.39. The van der Waals surface area contributed by atoms with E-state index in [0.29, 0.717) is 17.9 Å². The van der Waals surface area contributed by atoms with Crippen LogP contribution in [-0.4, -0.2) is 27.2 Å². The number of carbonyl (C=O) groups excluding carboxylic acids is 1. The van der Waals surface area contributed by atoms with Crippen molar-refractivity contribution < 1.29 is 9.18 Å². The summed E-state index contributed by atoms with van der Waals surface area (Å²) in [7, 11) is 0. The van der Waals surface area contributed by atoms with Gasteiger partial charge in [0.2, 0.25) is 0 Å². The quantitative estimate of drug-likeness (QED) is 0.739. The molecule has 1 amide bonds. The summed E-state index contributed by atoms with van der Waals surface area (Å²) in [6.45, 7) is 4.28. The van der Waals surface area contributed by atoms with Crippen LogP contribution in [0.1, 0.15) is 23.1 Å². The van der Waals surface area contributed by atoms with E-state index in [1.807, 2.05) is 13.8 Å². The lowest BCUT2D eigenvalue weighted by Crippen LogP contribution is -2.31. The monoisotopic (exact) mass is 324 g/mol. The van der Waals surface area contributed by atoms with Gasteiger partial charge in [-0.3, -0.25) is 9.78 Å². The number of benzene rings is 1. The van der Waals surface area contributed by atoms with Crippen molar-refractivity contribution >= 4 is 11.6 Å². The predicted molar refractivity (Wildman–Crippen MR) is 89.8 cm³/mol. The highest BCUT2D eigenvalue weighted by molar-refractivity contribution is 6.04. The van der Waals surface area contributed by atoms with Crippen LogP contribution in [0.5, 0.6) is 0 Å². The lowest BCUT2D eigenvalue weighted by atomic mass is 10.3. The fourth-order valence-electron chi connectivity index (χ4n) is 2.53. The molecule has 0 radical (unpaired) electrons. The molecule has 0 aliphatic carbocycles. The highest BCUT2D eigenvalue weighted by atomic mass is 19.1.